The van der Waals surface area contributed by atoms with Gasteiger partial charge in [0.1, 0.15) is 5.76 Å². The summed E-state index contributed by atoms with van der Waals surface area (Å²) in [6.45, 7) is 4.05. The zero-order valence-electron chi connectivity index (χ0n) is 10.1. The van der Waals surface area contributed by atoms with Gasteiger partial charge in [0, 0.05) is 6.04 Å². The first kappa shape index (κ1) is 12.7. The standard InChI is InChI=1S/C11H14N4O2S/c1-7(2)12-10-13-11(15-14-10)18-6-9-4-3-8(5-16)17-9/h3-5,7H,6H2,1-2H3,(H2,12,13,14,15). The summed E-state index contributed by atoms with van der Waals surface area (Å²) in [4.78, 5) is 14.7. The molecule has 6 nitrogen and oxygen atoms in total. The largest absolute Gasteiger partial charge is 0.457 e. The summed E-state index contributed by atoms with van der Waals surface area (Å²) in [6.07, 6.45) is 0.686. The van der Waals surface area contributed by atoms with E-state index in [1.807, 2.05) is 13.8 Å². The zero-order valence-corrected chi connectivity index (χ0v) is 11.0. The van der Waals surface area contributed by atoms with Crippen LogP contribution in [0.25, 0.3) is 0 Å². The molecule has 0 fully saturated rings. The molecule has 0 atom stereocenters. The molecule has 0 aromatic carbocycles. The van der Waals surface area contributed by atoms with Gasteiger partial charge in [-0.3, -0.25) is 4.79 Å². The van der Waals surface area contributed by atoms with Crippen LogP contribution in [-0.2, 0) is 5.75 Å². The van der Waals surface area contributed by atoms with Crippen LogP contribution in [0.4, 0.5) is 5.95 Å². The van der Waals surface area contributed by atoms with Crippen LogP contribution in [0.3, 0.4) is 0 Å². The minimum absolute atomic E-state index is 0.302. The maximum atomic E-state index is 10.5. The summed E-state index contributed by atoms with van der Waals surface area (Å²) < 4.78 is 5.26. The monoisotopic (exact) mass is 266 g/mol. The first-order valence-corrected chi connectivity index (χ1v) is 6.51. The number of aldehydes is 1. The zero-order chi connectivity index (χ0) is 13.0. The van der Waals surface area contributed by atoms with Gasteiger partial charge in [0.05, 0.1) is 5.75 Å². The maximum Gasteiger partial charge on any atom is 0.219 e. The lowest BCUT2D eigenvalue weighted by Gasteiger charge is -2.03. The van der Waals surface area contributed by atoms with Crippen LogP contribution in [0.2, 0.25) is 0 Å². The molecule has 0 aliphatic rings. The van der Waals surface area contributed by atoms with E-state index in [0.29, 0.717) is 34.9 Å². The lowest BCUT2D eigenvalue weighted by molar-refractivity contribution is 0.109. The Morgan fingerprint density at radius 1 is 1.56 bits per heavy atom. The van der Waals surface area contributed by atoms with E-state index in [0.717, 1.165) is 5.76 Å². The summed E-state index contributed by atoms with van der Waals surface area (Å²) in [5, 5.41) is 10.6. The molecule has 2 rings (SSSR count). The van der Waals surface area contributed by atoms with Gasteiger partial charge in [-0.15, -0.1) is 5.10 Å². The van der Waals surface area contributed by atoms with Gasteiger partial charge in [-0.25, -0.2) is 5.10 Å². The second-order valence-corrected chi connectivity index (χ2v) is 4.92. The average Bonchev–Trinajstić information content (AvgIpc) is 2.94. The van der Waals surface area contributed by atoms with E-state index < -0.39 is 0 Å². The fourth-order valence-electron chi connectivity index (χ4n) is 1.32. The van der Waals surface area contributed by atoms with E-state index in [9.17, 15) is 4.79 Å². The number of carbonyl (C=O) groups excluding carboxylic acids is 1. The molecule has 0 aliphatic heterocycles. The molecule has 0 aliphatic carbocycles. The minimum atomic E-state index is 0.302. The number of H-pyrrole nitrogens is 1. The normalized spacial score (nSPS) is 10.8. The Morgan fingerprint density at radius 3 is 3.06 bits per heavy atom. The highest BCUT2D eigenvalue weighted by Crippen LogP contribution is 2.21. The number of thioether (sulfide) groups is 1. The van der Waals surface area contributed by atoms with Crippen molar-refractivity contribution in [1.29, 1.82) is 0 Å². The fraction of sp³-hybridized carbons (Fsp3) is 0.364. The topological polar surface area (TPSA) is 83.8 Å². The molecular formula is C11H14N4O2S. The second-order valence-electron chi connectivity index (χ2n) is 3.98. The summed E-state index contributed by atoms with van der Waals surface area (Å²) in [6, 6.07) is 3.72. The van der Waals surface area contributed by atoms with Crippen molar-refractivity contribution in [2.24, 2.45) is 0 Å². The van der Waals surface area contributed by atoms with Crippen molar-refractivity contribution in [3.63, 3.8) is 0 Å². The minimum Gasteiger partial charge on any atom is -0.457 e. The number of aromatic nitrogens is 3. The van der Waals surface area contributed by atoms with Crippen molar-refractivity contribution < 1.29 is 9.21 Å². The number of rotatable bonds is 6. The first-order chi connectivity index (χ1) is 8.67. The molecule has 0 amide bonds. The van der Waals surface area contributed by atoms with Gasteiger partial charge in [0.15, 0.2) is 12.0 Å². The number of nitrogens with one attached hydrogen (secondary N) is 2. The highest BCUT2D eigenvalue weighted by Gasteiger charge is 2.07. The van der Waals surface area contributed by atoms with Crippen LogP contribution < -0.4 is 5.32 Å². The Balaban J connectivity index is 1.89. The van der Waals surface area contributed by atoms with Gasteiger partial charge >= 0.3 is 0 Å². The molecule has 2 aromatic rings. The van der Waals surface area contributed by atoms with Gasteiger partial charge in [-0.2, -0.15) is 4.98 Å². The van der Waals surface area contributed by atoms with E-state index >= 15 is 0 Å². The summed E-state index contributed by atoms with van der Waals surface area (Å²) in [5.41, 5.74) is 0. The van der Waals surface area contributed by atoms with Crippen molar-refractivity contribution in [3.05, 3.63) is 23.7 Å². The third-order valence-corrected chi connectivity index (χ3v) is 2.90. The number of carbonyl (C=O) groups is 1. The third-order valence-electron chi connectivity index (χ3n) is 2.03. The van der Waals surface area contributed by atoms with Gasteiger partial charge in [0.25, 0.3) is 0 Å². The highest BCUT2D eigenvalue weighted by atomic mass is 32.2. The second kappa shape index (κ2) is 5.72. The smallest absolute Gasteiger partial charge is 0.219 e. The van der Waals surface area contributed by atoms with E-state index in [1.165, 1.54) is 11.8 Å². The lowest BCUT2D eigenvalue weighted by atomic mass is 10.4. The summed E-state index contributed by atoms with van der Waals surface area (Å²) in [5.74, 6) is 2.31. The van der Waals surface area contributed by atoms with Crippen molar-refractivity contribution >= 4 is 24.0 Å². The Morgan fingerprint density at radius 2 is 2.39 bits per heavy atom. The Kier molecular flexibility index (Phi) is 4.03. The Bertz CT molecular complexity index is 521. The Hall–Kier alpha value is -1.76. The van der Waals surface area contributed by atoms with Crippen LogP contribution in [0, 0.1) is 0 Å². The number of furan rings is 1. The van der Waals surface area contributed by atoms with Crippen molar-refractivity contribution in [3.8, 4) is 0 Å². The molecule has 0 saturated heterocycles. The predicted molar refractivity (Wildman–Crippen MR) is 68.8 cm³/mol. The van der Waals surface area contributed by atoms with Crippen molar-refractivity contribution in [1.82, 2.24) is 15.2 Å². The molecule has 18 heavy (non-hydrogen) atoms. The molecule has 0 bridgehead atoms. The maximum absolute atomic E-state index is 10.5. The summed E-state index contributed by atoms with van der Waals surface area (Å²) >= 11 is 1.44. The van der Waals surface area contributed by atoms with E-state index in [2.05, 4.69) is 20.5 Å². The molecule has 0 radical (unpaired) electrons. The van der Waals surface area contributed by atoms with Gasteiger partial charge < -0.3 is 9.73 Å². The Labute approximate surface area is 109 Å². The predicted octanol–water partition coefficient (Wildman–Crippen LogP) is 2.32. The molecule has 2 heterocycles. The van der Waals surface area contributed by atoms with Gasteiger partial charge in [-0.05, 0) is 26.0 Å². The van der Waals surface area contributed by atoms with Crippen molar-refractivity contribution in [2.75, 3.05) is 5.32 Å². The molecule has 0 spiro atoms. The molecule has 96 valence electrons. The van der Waals surface area contributed by atoms with Crippen molar-refractivity contribution in [2.45, 2.75) is 30.8 Å². The van der Waals surface area contributed by atoms with E-state index in [4.69, 9.17) is 4.42 Å². The molecule has 0 unspecified atom stereocenters. The first-order valence-electron chi connectivity index (χ1n) is 5.53. The van der Waals surface area contributed by atoms with Gasteiger partial charge in [0.2, 0.25) is 11.1 Å². The molecule has 2 N–H and O–H groups in total. The number of anilines is 1. The highest BCUT2D eigenvalue weighted by molar-refractivity contribution is 7.98. The van der Waals surface area contributed by atoms with Crippen LogP contribution in [0.15, 0.2) is 21.7 Å². The summed E-state index contributed by atoms with van der Waals surface area (Å²) in [7, 11) is 0. The van der Waals surface area contributed by atoms with Crippen LogP contribution in [0.1, 0.15) is 30.2 Å². The number of hydrogen-bond acceptors (Lipinski definition) is 6. The van der Waals surface area contributed by atoms with Crippen LogP contribution in [-0.4, -0.2) is 27.5 Å². The van der Waals surface area contributed by atoms with Gasteiger partial charge in [-0.1, -0.05) is 11.8 Å². The SMILES string of the molecule is CC(C)Nc1nc(SCc2ccc(C=O)o2)n[nH]1. The fourth-order valence-corrected chi connectivity index (χ4v) is 2.01. The number of nitrogens with zero attached hydrogens (tertiary/aromatic N) is 2. The lowest BCUT2D eigenvalue weighted by Crippen LogP contribution is -2.10. The third kappa shape index (κ3) is 3.36. The average molecular weight is 266 g/mol. The van der Waals surface area contributed by atoms with E-state index in [-0.39, 0.29) is 0 Å². The molecule has 7 heteroatoms. The van der Waals surface area contributed by atoms with E-state index in [1.54, 1.807) is 12.1 Å². The molecular weight excluding hydrogens is 252 g/mol. The molecule has 2 aromatic heterocycles. The molecule has 0 saturated carbocycles. The number of aromatic amines is 1. The quantitative estimate of drug-likeness (QED) is 0.616. The number of hydrogen-bond donors (Lipinski definition) is 2. The van der Waals surface area contributed by atoms with Crippen LogP contribution in [0.5, 0.6) is 0 Å². The van der Waals surface area contributed by atoms with Crippen LogP contribution >= 0.6 is 11.8 Å².